The maximum Gasteiger partial charge on any atom is 0.345 e. The number of hydrogen-bond acceptors (Lipinski definition) is 5. The molecule has 5 heteroatoms. The van der Waals surface area contributed by atoms with Crippen molar-refractivity contribution in [1.29, 1.82) is 0 Å². The van der Waals surface area contributed by atoms with Gasteiger partial charge in [-0.05, 0) is 31.5 Å². The molecule has 1 unspecified atom stereocenters. The highest BCUT2D eigenvalue weighted by Gasteiger charge is 2.22. The summed E-state index contributed by atoms with van der Waals surface area (Å²) in [5, 5.41) is 0. The van der Waals surface area contributed by atoms with Gasteiger partial charge in [-0.2, -0.15) is 0 Å². The van der Waals surface area contributed by atoms with Crippen molar-refractivity contribution in [1.82, 2.24) is 0 Å². The number of carbonyl (C=O) groups is 2. The Hall–Kier alpha value is -2.30. The molecule has 0 heterocycles. The predicted octanol–water partition coefficient (Wildman–Crippen LogP) is 2.85. The highest BCUT2D eigenvalue weighted by Crippen LogP contribution is 2.22. The zero-order valence-electron chi connectivity index (χ0n) is 13.4. The molecule has 0 saturated heterocycles. The van der Waals surface area contributed by atoms with Crippen molar-refractivity contribution in [2.75, 3.05) is 20.3 Å². The van der Waals surface area contributed by atoms with Crippen molar-refractivity contribution in [3.8, 4) is 5.75 Å². The van der Waals surface area contributed by atoms with Gasteiger partial charge in [-0.3, -0.25) is 0 Å². The molecule has 0 aliphatic rings. The molecular weight excluding hydrogens is 284 g/mol. The summed E-state index contributed by atoms with van der Waals surface area (Å²) in [7, 11) is 1.60. The lowest BCUT2D eigenvalue weighted by molar-refractivity contribution is -0.146. The monoisotopic (exact) mass is 306 g/mol. The summed E-state index contributed by atoms with van der Waals surface area (Å²) < 4.78 is 14.9. The molecule has 0 saturated carbocycles. The minimum absolute atomic E-state index is 0.0768. The Morgan fingerprint density at radius 2 is 1.55 bits per heavy atom. The van der Waals surface area contributed by atoms with E-state index in [9.17, 15) is 9.59 Å². The van der Waals surface area contributed by atoms with Crippen LogP contribution in [-0.2, 0) is 19.1 Å². The summed E-state index contributed by atoms with van der Waals surface area (Å²) in [5.74, 6) is -0.728. The van der Waals surface area contributed by atoms with Crippen LogP contribution in [0.4, 0.5) is 0 Å². The molecule has 1 aromatic rings. The molecular formula is C17H22O5. The van der Waals surface area contributed by atoms with Gasteiger partial charge in [0, 0.05) is 5.92 Å². The molecule has 0 amide bonds. The number of benzene rings is 1. The molecule has 0 aromatic heterocycles. The largest absolute Gasteiger partial charge is 0.497 e. The first-order valence-electron chi connectivity index (χ1n) is 7.23. The smallest absolute Gasteiger partial charge is 0.345 e. The Labute approximate surface area is 130 Å². The van der Waals surface area contributed by atoms with Gasteiger partial charge in [-0.25, -0.2) is 9.59 Å². The number of esters is 2. The lowest BCUT2D eigenvalue weighted by atomic mass is 9.98. The van der Waals surface area contributed by atoms with E-state index in [0.717, 1.165) is 11.3 Å². The maximum absolute atomic E-state index is 11.9. The highest BCUT2D eigenvalue weighted by molar-refractivity contribution is 6.14. The summed E-state index contributed by atoms with van der Waals surface area (Å²) in [6.07, 6.45) is 1.57. The molecule has 0 spiro atoms. The van der Waals surface area contributed by atoms with Crippen LogP contribution in [0.2, 0.25) is 0 Å². The average Bonchev–Trinajstić information content (AvgIpc) is 2.52. The molecule has 5 nitrogen and oxygen atoms in total. The molecule has 0 radical (unpaired) electrons. The number of rotatable bonds is 7. The Morgan fingerprint density at radius 3 is 1.95 bits per heavy atom. The highest BCUT2D eigenvalue weighted by atomic mass is 16.6. The van der Waals surface area contributed by atoms with Crippen LogP contribution in [-0.4, -0.2) is 32.3 Å². The summed E-state index contributed by atoms with van der Waals surface area (Å²) in [5.41, 5.74) is 0.874. The van der Waals surface area contributed by atoms with Gasteiger partial charge in [0.25, 0.3) is 0 Å². The second kappa shape index (κ2) is 8.87. The Bertz CT molecular complexity index is 510. The van der Waals surface area contributed by atoms with Gasteiger partial charge in [0.1, 0.15) is 11.3 Å². The Morgan fingerprint density at radius 1 is 1.05 bits per heavy atom. The molecule has 0 fully saturated rings. The molecule has 0 N–H and O–H groups in total. The maximum atomic E-state index is 11.9. The van der Waals surface area contributed by atoms with Crippen LogP contribution < -0.4 is 4.74 Å². The van der Waals surface area contributed by atoms with Gasteiger partial charge in [0.05, 0.1) is 20.3 Å². The van der Waals surface area contributed by atoms with Crippen LogP contribution >= 0.6 is 0 Å². The van der Waals surface area contributed by atoms with Crippen LogP contribution in [0.3, 0.4) is 0 Å². The minimum Gasteiger partial charge on any atom is -0.497 e. The molecule has 0 bridgehead atoms. The van der Waals surface area contributed by atoms with Crippen molar-refractivity contribution < 1.29 is 23.8 Å². The van der Waals surface area contributed by atoms with E-state index in [0.29, 0.717) is 0 Å². The van der Waals surface area contributed by atoms with Gasteiger partial charge < -0.3 is 14.2 Å². The van der Waals surface area contributed by atoms with Crippen LogP contribution in [0.1, 0.15) is 32.3 Å². The fraction of sp³-hybridized carbons (Fsp3) is 0.412. The summed E-state index contributed by atoms with van der Waals surface area (Å²) >= 11 is 0. The molecule has 1 atom stereocenters. The van der Waals surface area contributed by atoms with Crippen LogP contribution in [0.25, 0.3) is 0 Å². The summed E-state index contributed by atoms with van der Waals surface area (Å²) in [6, 6.07) is 7.42. The Kier molecular flexibility index (Phi) is 7.16. The van der Waals surface area contributed by atoms with Crippen LogP contribution in [0.15, 0.2) is 35.9 Å². The fourth-order valence-corrected chi connectivity index (χ4v) is 1.89. The van der Waals surface area contributed by atoms with Crippen molar-refractivity contribution in [2.24, 2.45) is 0 Å². The van der Waals surface area contributed by atoms with Crippen LogP contribution in [0, 0.1) is 0 Å². The zero-order chi connectivity index (χ0) is 16.5. The number of methoxy groups -OCH3 is 1. The SMILES string of the molecule is CCOC(=O)C(=CC(C)c1ccc(OC)cc1)C(=O)OCC. The number of allylic oxidation sites excluding steroid dienone is 1. The van der Waals surface area contributed by atoms with Gasteiger partial charge in [-0.15, -0.1) is 0 Å². The first-order chi connectivity index (χ1) is 10.5. The summed E-state index contributed by atoms with van der Waals surface area (Å²) in [4.78, 5) is 23.8. The minimum atomic E-state index is -0.665. The zero-order valence-corrected chi connectivity index (χ0v) is 13.4. The quantitative estimate of drug-likeness (QED) is 0.335. The van der Waals surface area contributed by atoms with Gasteiger partial charge >= 0.3 is 11.9 Å². The predicted molar refractivity (Wildman–Crippen MR) is 82.8 cm³/mol. The first kappa shape index (κ1) is 17.8. The van der Waals surface area contributed by atoms with E-state index in [-0.39, 0.29) is 24.7 Å². The van der Waals surface area contributed by atoms with E-state index in [4.69, 9.17) is 14.2 Å². The standard InChI is InChI=1S/C17H22O5/c1-5-21-16(18)15(17(19)22-6-2)11-12(3)13-7-9-14(20-4)10-8-13/h7-12H,5-6H2,1-4H3. The fourth-order valence-electron chi connectivity index (χ4n) is 1.89. The average molecular weight is 306 g/mol. The summed E-state index contributed by atoms with van der Waals surface area (Å²) in [6.45, 7) is 5.67. The molecule has 1 aromatic carbocycles. The third-order valence-electron chi connectivity index (χ3n) is 3.05. The van der Waals surface area contributed by atoms with E-state index < -0.39 is 11.9 Å². The molecule has 120 valence electrons. The normalized spacial score (nSPS) is 11.3. The third-order valence-corrected chi connectivity index (χ3v) is 3.05. The second-order valence-electron chi connectivity index (χ2n) is 4.58. The van der Waals surface area contributed by atoms with Crippen molar-refractivity contribution in [3.05, 3.63) is 41.5 Å². The van der Waals surface area contributed by atoms with Crippen molar-refractivity contribution in [2.45, 2.75) is 26.7 Å². The van der Waals surface area contributed by atoms with E-state index in [2.05, 4.69) is 0 Å². The third kappa shape index (κ3) is 4.91. The van der Waals surface area contributed by atoms with Gasteiger partial charge in [0.2, 0.25) is 0 Å². The number of ether oxygens (including phenoxy) is 3. The molecule has 22 heavy (non-hydrogen) atoms. The number of carbonyl (C=O) groups excluding carboxylic acids is 2. The van der Waals surface area contributed by atoms with E-state index in [1.165, 1.54) is 0 Å². The second-order valence-corrected chi connectivity index (χ2v) is 4.58. The molecule has 1 rings (SSSR count). The number of hydrogen-bond donors (Lipinski definition) is 0. The topological polar surface area (TPSA) is 61.8 Å². The van der Waals surface area contributed by atoms with Crippen LogP contribution in [0.5, 0.6) is 5.75 Å². The van der Waals surface area contributed by atoms with E-state index >= 15 is 0 Å². The molecule has 0 aliphatic carbocycles. The van der Waals surface area contributed by atoms with Gasteiger partial charge in [0.15, 0.2) is 0 Å². The van der Waals surface area contributed by atoms with E-state index in [1.807, 2.05) is 31.2 Å². The Balaban J connectivity index is 3.02. The lowest BCUT2D eigenvalue weighted by Crippen LogP contribution is -2.19. The van der Waals surface area contributed by atoms with E-state index in [1.54, 1.807) is 27.0 Å². The first-order valence-corrected chi connectivity index (χ1v) is 7.23. The lowest BCUT2D eigenvalue weighted by Gasteiger charge is -2.11. The molecule has 0 aliphatic heterocycles. The van der Waals surface area contributed by atoms with Crippen molar-refractivity contribution >= 4 is 11.9 Å². The van der Waals surface area contributed by atoms with Gasteiger partial charge in [-0.1, -0.05) is 25.1 Å². The van der Waals surface area contributed by atoms with Crippen molar-refractivity contribution in [3.63, 3.8) is 0 Å².